The van der Waals surface area contributed by atoms with Gasteiger partial charge in [-0.1, -0.05) is 24.3 Å². The molecule has 0 aromatic heterocycles. The molecule has 7 nitrogen and oxygen atoms in total. The SMILES string of the molecule is COc1ccccc1NC(=O)NC[C@@H](c1ccc2c(c1)CCN2C)N1CCN(C)CC1. The molecule has 0 saturated carbocycles. The van der Waals surface area contributed by atoms with Crippen LogP contribution in [-0.4, -0.2) is 76.3 Å². The van der Waals surface area contributed by atoms with E-state index in [9.17, 15) is 4.79 Å². The third kappa shape index (κ3) is 4.94. The van der Waals surface area contributed by atoms with Crippen molar-refractivity contribution in [2.75, 3.05) is 70.7 Å². The minimum Gasteiger partial charge on any atom is -0.495 e. The lowest BCUT2D eigenvalue weighted by molar-refractivity contribution is 0.111. The maximum absolute atomic E-state index is 12.7. The van der Waals surface area contributed by atoms with Crippen LogP contribution in [-0.2, 0) is 6.42 Å². The molecule has 7 heteroatoms. The van der Waals surface area contributed by atoms with E-state index in [-0.39, 0.29) is 12.1 Å². The zero-order valence-corrected chi connectivity index (χ0v) is 18.7. The molecule has 31 heavy (non-hydrogen) atoms. The minimum absolute atomic E-state index is 0.147. The third-order valence-corrected chi connectivity index (χ3v) is 6.41. The van der Waals surface area contributed by atoms with Crippen molar-refractivity contribution in [3.05, 3.63) is 53.6 Å². The average Bonchev–Trinajstić information content (AvgIpc) is 3.15. The normalized spacial score (nSPS) is 17.8. The fourth-order valence-electron chi connectivity index (χ4n) is 4.49. The smallest absolute Gasteiger partial charge is 0.319 e. The number of para-hydroxylation sites is 2. The molecule has 0 aliphatic carbocycles. The number of rotatable bonds is 6. The molecule has 2 aromatic carbocycles. The average molecular weight is 424 g/mol. The van der Waals surface area contributed by atoms with Crippen molar-refractivity contribution >= 4 is 17.4 Å². The van der Waals surface area contributed by atoms with Crippen LogP contribution in [0.15, 0.2) is 42.5 Å². The van der Waals surface area contributed by atoms with Gasteiger partial charge in [0.25, 0.3) is 0 Å². The summed E-state index contributed by atoms with van der Waals surface area (Å²) in [6.45, 7) is 5.69. The number of anilines is 2. The number of likely N-dealkylation sites (N-methyl/N-ethyl adjacent to an activating group) is 2. The van der Waals surface area contributed by atoms with Crippen molar-refractivity contribution in [1.82, 2.24) is 15.1 Å². The number of fused-ring (bicyclic) bond motifs is 1. The second kappa shape index (κ2) is 9.58. The highest BCUT2D eigenvalue weighted by Crippen LogP contribution is 2.31. The van der Waals surface area contributed by atoms with Gasteiger partial charge in [0.05, 0.1) is 18.8 Å². The predicted molar refractivity (Wildman–Crippen MR) is 125 cm³/mol. The fourth-order valence-corrected chi connectivity index (χ4v) is 4.49. The standard InChI is InChI=1S/C24H33N5O2/c1-27-12-14-29(15-13-27)22(18-8-9-21-19(16-18)10-11-28(21)2)17-25-24(30)26-20-6-4-5-7-23(20)31-3/h4-9,16,22H,10-15,17H2,1-3H3,(H2,25,26,30)/t22-/m0/s1. The highest BCUT2D eigenvalue weighted by atomic mass is 16.5. The van der Waals surface area contributed by atoms with Crippen molar-refractivity contribution < 1.29 is 9.53 Å². The van der Waals surface area contributed by atoms with E-state index in [1.165, 1.54) is 16.8 Å². The Morgan fingerprint density at radius 1 is 1.06 bits per heavy atom. The Labute approximate surface area is 185 Å². The van der Waals surface area contributed by atoms with Crippen molar-refractivity contribution in [2.45, 2.75) is 12.5 Å². The molecule has 0 spiro atoms. The van der Waals surface area contributed by atoms with Crippen molar-refractivity contribution in [1.29, 1.82) is 0 Å². The molecule has 0 unspecified atom stereocenters. The molecule has 1 fully saturated rings. The van der Waals surface area contributed by atoms with Crippen LogP contribution < -0.4 is 20.3 Å². The Hall–Kier alpha value is -2.77. The van der Waals surface area contributed by atoms with Gasteiger partial charge >= 0.3 is 6.03 Å². The molecule has 0 radical (unpaired) electrons. The summed E-state index contributed by atoms with van der Waals surface area (Å²) in [6.07, 6.45) is 1.08. The van der Waals surface area contributed by atoms with E-state index in [0.717, 1.165) is 39.1 Å². The highest BCUT2D eigenvalue weighted by Gasteiger charge is 2.26. The van der Waals surface area contributed by atoms with Gasteiger partial charge in [0, 0.05) is 52.0 Å². The number of nitrogens with one attached hydrogen (secondary N) is 2. The van der Waals surface area contributed by atoms with Crippen LogP contribution in [0.3, 0.4) is 0 Å². The number of piperazine rings is 1. The van der Waals surface area contributed by atoms with E-state index >= 15 is 0 Å². The van der Waals surface area contributed by atoms with E-state index < -0.39 is 0 Å². The van der Waals surface area contributed by atoms with E-state index in [4.69, 9.17) is 4.74 Å². The van der Waals surface area contributed by atoms with E-state index in [2.05, 4.69) is 57.6 Å². The summed E-state index contributed by atoms with van der Waals surface area (Å²) in [7, 11) is 5.91. The molecule has 2 aliphatic rings. The Morgan fingerprint density at radius 3 is 2.61 bits per heavy atom. The summed E-state index contributed by atoms with van der Waals surface area (Å²) >= 11 is 0. The first-order valence-electron chi connectivity index (χ1n) is 11.0. The maximum atomic E-state index is 12.7. The molecule has 2 amide bonds. The summed E-state index contributed by atoms with van der Waals surface area (Å²) in [4.78, 5) is 19.8. The topological polar surface area (TPSA) is 60.1 Å². The molecule has 2 aliphatic heterocycles. The van der Waals surface area contributed by atoms with Crippen LogP contribution in [0.5, 0.6) is 5.75 Å². The van der Waals surface area contributed by atoms with Gasteiger partial charge in [0.1, 0.15) is 5.75 Å². The first-order chi connectivity index (χ1) is 15.0. The summed E-state index contributed by atoms with van der Waals surface area (Å²) in [5.41, 5.74) is 4.66. The molecular formula is C24H33N5O2. The zero-order chi connectivity index (χ0) is 21.8. The van der Waals surface area contributed by atoms with Gasteiger partial charge in [0.2, 0.25) is 0 Å². The van der Waals surface area contributed by atoms with E-state index in [1.54, 1.807) is 7.11 Å². The number of methoxy groups -OCH3 is 1. The fraction of sp³-hybridized carbons (Fsp3) is 0.458. The lowest BCUT2D eigenvalue weighted by Gasteiger charge is -2.38. The number of amides is 2. The molecule has 4 rings (SSSR count). The Balaban J connectivity index is 1.48. The number of carbonyl (C=O) groups is 1. The molecule has 2 aromatic rings. The second-order valence-electron chi connectivity index (χ2n) is 8.45. The van der Waals surface area contributed by atoms with E-state index in [1.807, 2.05) is 24.3 Å². The van der Waals surface area contributed by atoms with Crippen molar-refractivity contribution in [2.24, 2.45) is 0 Å². The molecule has 1 atom stereocenters. The van der Waals surface area contributed by atoms with Gasteiger partial charge in [-0.05, 0) is 42.8 Å². The maximum Gasteiger partial charge on any atom is 0.319 e. The van der Waals surface area contributed by atoms with E-state index in [0.29, 0.717) is 18.0 Å². The van der Waals surface area contributed by atoms with Crippen LogP contribution in [0, 0.1) is 0 Å². The predicted octanol–water partition coefficient (Wildman–Crippen LogP) is 2.80. The molecular weight excluding hydrogens is 390 g/mol. The zero-order valence-electron chi connectivity index (χ0n) is 18.7. The Bertz CT molecular complexity index is 911. The Kier molecular flexibility index (Phi) is 6.63. The highest BCUT2D eigenvalue weighted by molar-refractivity contribution is 5.90. The minimum atomic E-state index is -0.218. The monoisotopic (exact) mass is 423 g/mol. The quantitative estimate of drug-likeness (QED) is 0.748. The van der Waals surface area contributed by atoms with Crippen LogP contribution in [0.1, 0.15) is 17.2 Å². The molecule has 0 bridgehead atoms. The van der Waals surface area contributed by atoms with Crippen LogP contribution in [0.25, 0.3) is 0 Å². The third-order valence-electron chi connectivity index (χ3n) is 6.41. The van der Waals surface area contributed by atoms with Crippen LogP contribution >= 0.6 is 0 Å². The van der Waals surface area contributed by atoms with Gasteiger partial charge in [-0.15, -0.1) is 0 Å². The molecule has 2 heterocycles. The molecule has 1 saturated heterocycles. The van der Waals surface area contributed by atoms with Gasteiger partial charge in [-0.3, -0.25) is 4.90 Å². The number of hydrogen-bond acceptors (Lipinski definition) is 5. The number of hydrogen-bond donors (Lipinski definition) is 2. The summed E-state index contributed by atoms with van der Waals surface area (Å²) in [6, 6.07) is 14.2. The van der Waals surface area contributed by atoms with Crippen molar-refractivity contribution in [3.63, 3.8) is 0 Å². The number of ether oxygens (including phenoxy) is 1. The molecule has 2 N–H and O–H groups in total. The first-order valence-corrected chi connectivity index (χ1v) is 11.0. The summed E-state index contributed by atoms with van der Waals surface area (Å²) in [5.74, 6) is 0.649. The van der Waals surface area contributed by atoms with Gasteiger partial charge in [-0.25, -0.2) is 4.79 Å². The lowest BCUT2D eigenvalue weighted by atomic mass is 10.00. The summed E-state index contributed by atoms with van der Waals surface area (Å²) < 4.78 is 5.34. The van der Waals surface area contributed by atoms with Gasteiger partial charge in [-0.2, -0.15) is 0 Å². The van der Waals surface area contributed by atoms with Crippen molar-refractivity contribution in [3.8, 4) is 5.75 Å². The Morgan fingerprint density at radius 2 is 1.84 bits per heavy atom. The van der Waals surface area contributed by atoms with Crippen LogP contribution in [0.2, 0.25) is 0 Å². The number of benzene rings is 2. The number of urea groups is 1. The lowest BCUT2D eigenvalue weighted by Crippen LogP contribution is -2.48. The molecule has 166 valence electrons. The largest absolute Gasteiger partial charge is 0.495 e. The number of nitrogens with zero attached hydrogens (tertiary/aromatic N) is 3. The second-order valence-corrected chi connectivity index (χ2v) is 8.45. The summed E-state index contributed by atoms with van der Waals surface area (Å²) in [5, 5.41) is 6.01. The number of carbonyl (C=O) groups excluding carboxylic acids is 1. The first kappa shape index (κ1) is 21.5. The van der Waals surface area contributed by atoms with Gasteiger partial charge < -0.3 is 25.2 Å². The van der Waals surface area contributed by atoms with Crippen LogP contribution in [0.4, 0.5) is 16.2 Å². The van der Waals surface area contributed by atoms with Gasteiger partial charge in [0.15, 0.2) is 0 Å².